The number of rotatable bonds is 15. The molecule has 9 atom stereocenters. The molecule has 1 spiro atoms. The van der Waals surface area contributed by atoms with Crippen molar-refractivity contribution in [3.63, 3.8) is 0 Å². The number of unbranched alkanes of at least 4 members (excludes halogenated alkanes) is 8. The second kappa shape index (κ2) is 13.8. The number of Topliss-reactive ketones (excluding diaryl/α,β-unsaturated/α-hetero) is 1. The SMILES string of the molecule is CCCCCCCCCCCC(=O)O[C@@]12C[C@@H](C)[C@]34C=C(C)[C@H](OC(=O)C(C)C(C)C)[C@@]3(O)[C@H](O)C(CO)=C[C@H](C4=O)[C@H]1C2(C)C. The Morgan fingerprint density at radius 3 is 2.17 bits per heavy atom. The molecule has 1 unspecified atom stereocenters. The normalized spacial score (nSPS) is 36.5. The van der Waals surface area contributed by atoms with Gasteiger partial charge in [-0.3, -0.25) is 14.4 Å². The average molecular weight is 645 g/mol. The molecule has 8 heteroatoms. The van der Waals surface area contributed by atoms with E-state index >= 15 is 0 Å². The Kier molecular flexibility index (Phi) is 11.1. The van der Waals surface area contributed by atoms with Crippen LogP contribution < -0.4 is 0 Å². The lowest BCUT2D eigenvalue weighted by molar-refractivity contribution is -0.206. The number of carbonyl (C=O) groups excluding carboxylic acids is 3. The molecular formula is C38H60O8. The summed E-state index contributed by atoms with van der Waals surface area (Å²) in [6.45, 7) is 14.8. The van der Waals surface area contributed by atoms with Gasteiger partial charge in [-0.05, 0) is 42.7 Å². The molecule has 8 nitrogen and oxygen atoms in total. The van der Waals surface area contributed by atoms with E-state index in [1.807, 2.05) is 34.6 Å². The molecule has 0 aromatic carbocycles. The maximum atomic E-state index is 14.9. The smallest absolute Gasteiger partial charge is 0.309 e. The molecule has 0 aliphatic heterocycles. The van der Waals surface area contributed by atoms with Crippen LogP contribution in [0.3, 0.4) is 0 Å². The van der Waals surface area contributed by atoms with E-state index in [1.165, 1.54) is 38.5 Å². The minimum atomic E-state index is -2.24. The summed E-state index contributed by atoms with van der Waals surface area (Å²) in [4.78, 5) is 41.5. The molecule has 0 radical (unpaired) electrons. The van der Waals surface area contributed by atoms with Crippen molar-refractivity contribution < 1.29 is 39.2 Å². The van der Waals surface area contributed by atoms with Crippen LogP contribution in [0.25, 0.3) is 0 Å². The largest absolute Gasteiger partial charge is 0.458 e. The third-order valence-electron chi connectivity index (χ3n) is 12.4. The van der Waals surface area contributed by atoms with Crippen LogP contribution in [-0.2, 0) is 23.9 Å². The number of ketones is 1. The summed E-state index contributed by atoms with van der Waals surface area (Å²) < 4.78 is 12.4. The third-order valence-corrected chi connectivity index (χ3v) is 12.4. The maximum Gasteiger partial charge on any atom is 0.309 e. The molecule has 4 aliphatic rings. The first-order valence-electron chi connectivity index (χ1n) is 18.0. The Morgan fingerprint density at radius 1 is 1.02 bits per heavy atom. The van der Waals surface area contributed by atoms with Gasteiger partial charge in [0.25, 0.3) is 0 Å². The highest BCUT2D eigenvalue weighted by molar-refractivity contribution is 5.96. The first-order chi connectivity index (χ1) is 21.6. The van der Waals surface area contributed by atoms with E-state index in [4.69, 9.17) is 9.47 Å². The van der Waals surface area contributed by atoms with Gasteiger partial charge in [0, 0.05) is 23.7 Å². The minimum Gasteiger partial charge on any atom is -0.458 e. The molecule has 2 saturated carbocycles. The molecule has 2 bridgehead atoms. The minimum absolute atomic E-state index is 0.0176. The van der Waals surface area contributed by atoms with Crippen molar-refractivity contribution in [3.05, 3.63) is 23.3 Å². The van der Waals surface area contributed by atoms with Crippen molar-refractivity contribution in [2.45, 2.75) is 149 Å². The van der Waals surface area contributed by atoms with E-state index in [9.17, 15) is 29.7 Å². The number of allylic oxidation sites excluding steroid dienone is 1. The van der Waals surface area contributed by atoms with Crippen molar-refractivity contribution in [3.8, 4) is 0 Å². The van der Waals surface area contributed by atoms with Gasteiger partial charge in [0.2, 0.25) is 0 Å². The van der Waals surface area contributed by atoms with Crippen molar-refractivity contribution in [2.75, 3.05) is 6.61 Å². The second-order valence-electron chi connectivity index (χ2n) is 15.9. The standard InChI is InChI=1S/C38H60O8/c1-9-10-11-12-13-14-15-16-17-18-29(40)46-37-21-25(5)36-20-24(4)33(45-34(43)26(6)23(2)3)38(36,44)31(41)27(22-39)19-28(32(36)42)30(37)35(37,7)8/h19-20,23,25-26,28,30-31,33,39,41,44H,9-18,21-22H2,1-8H3/t25-,26?,28+,30+,31-,33+,36+,37+,38+/m1/s1. The number of aliphatic hydroxyl groups is 3. The Hall–Kier alpha value is -2.03. The Morgan fingerprint density at radius 2 is 1.61 bits per heavy atom. The van der Waals surface area contributed by atoms with E-state index < -0.39 is 70.5 Å². The highest BCUT2D eigenvalue weighted by atomic mass is 16.6. The van der Waals surface area contributed by atoms with Crippen LogP contribution in [0.15, 0.2) is 23.3 Å². The number of carbonyl (C=O) groups is 3. The fraction of sp³-hybridized carbons (Fsp3) is 0.816. The van der Waals surface area contributed by atoms with Crippen LogP contribution in [0.5, 0.6) is 0 Å². The lowest BCUT2D eigenvalue weighted by Crippen LogP contribution is -2.66. The molecule has 46 heavy (non-hydrogen) atoms. The Balaban J connectivity index is 1.60. The summed E-state index contributed by atoms with van der Waals surface area (Å²) in [5.74, 6) is -3.39. The zero-order chi connectivity index (χ0) is 34.2. The lowest BCUT2D eigenvalue weighted by Gasteiger charge is -2.49. The van der Waals surface area contributed by atoms with Crippen molar-refractivity contribution in [1.82, 2.24) is 0 Å². The van der Waals surface area contributed by atoms with Gasteiger partial charge < -0.3 is 24.8 Å². The monoisotopic (exact) mass is 644 g/mol. The zero-order valence-corrected chi connectivity index (χ0v) is 29.6. The van der Waals surface area contributed by atoms with E-state index in [0.29, 0.717) is 18.4 Å². The van der Waals surface area contributed by atoms with Gasteiger partial charge >= 0.3 is 11.9 Å². The number of esters is 2. The predicted molar refractivity (Wildman–Crippen MR) is 176 cm³/mol. The van der Waals surface area contributed by atoms with Gasteiger partial charge in [-0.15, -0.1) is 0 Å². The van der Waals surface area contributed by atoms with Crippen LogP contribution in [0.1, 0.15) is 126 Å². The van der Waals surface area contributed by atoms with Crippen molar-refractivity contribution >= 4 is 17.7 Å². The van der Waals surface area contributed by atoms with Gasteiger partial charge in [-0.2, -0.15) is 0 Å². The predicted octanol–water partition coefficient (Wildman–Crippen LogP) is 6.24. The topological polar surface area (TPSA) is 130 Å². The highest BCUT2D eigenvalue weighted by Gasteiger charge is 2.83. The summed E-state index contributed by atoms with van der Waals surface area (Å²) in [7, 11) is 0. The van der Waals surface area contributed by atoms with E-state index in [1.54, 1.807) is 26.0 Å². The van der Waals surface area contributed by atoms with Gasteiger partial charge in [0.05, 0.1) is 17.9 Å². The average Bonchev–Trinajstić information content (AvgIpc) is 3.40. The van der Waals surface area contributed by atoms with Crippen LogP contribution >= 0.6 is 0 Å². The van der Waals surface area contributed by atoms with Crippen LogP contribution in [0.2, 0.25) is 0 Å². The van der Waals surface area contributed by atoms with Crippen LogP contribution in [0.4, 0.5) is 0 Å². The number of hydrogen-bond acceptors (Lipinski definition) is 8. The molecular weight excluding hydrogens is 584 g/mol. The highest BCUT2D eigenvalue weighted by Crippen LogP contribution is 2.75. The number of hydrogen-bond donors (Lipinski definition) is 3. The number of fused-ring (bicyclic) bond motifs is 3. The summed E-state index contributed by atoms with van der Waals surface area (Å²) >= 11 is 0. The molecule has 260 valence electrons. The molecule has 0 heterocycles. The Bertz CT molecular complexity index is 1220. The van der Waals surface area contributed by atoms with E-state index in [0.717, 1.165) is 19.3 Å². The molecule has 0 aromatic heterocycles. The van der Waals surface area contributed by atoms with Gasteiger partial charge in [0.1, 0.15) is 11.7 Å². The summed E-state index contributed by atoms with van der Waals surface area (Å²) in [6, 6.07) is 0. The molecule has 3 N–H and O–H groups in total. The lowest BCUT2D eigenvalue weighted by atomic mass is 9.59. The summed E-state index contributed by atoms with van der Waals surface area (Å²) in [5, 5.41) is 35.0. The number of ether oxygens (including phenoxy) is 2. The summed E-state index contributed by atoms with van der Waals surface area (Å²) in [5.41, 5.74) is -4.77. The number of aliphatic hydroxyl groups excluding tert-OH is 2. The molecule has 4 rings (SSSR count). The first kappa shape index (κ1) is 36.8. The second-order valence-corrected chi connectivity index (χ2v) is 15.9. The first-order valence-corrected chi connectivity index (χ1v) is 18.0. The van der Waals surface area contributed by atoms with Gasteiger partial charge in [-0.25, -0.2) is 0 Å². The molecule has 2 fully saturated rings. The third kappa shape index (κ3) is 5.83. The molecule has 0 saturated heterocycles. The van der Waals surface area contributed by atoms with Crippen molar-refractivity contribution in [2.24, 2.45) is 40.4 Å². The molecule has 0 aromatic rings. The summed E-state index contributed by atoms with van der Waals surface area (Å²) in [6.07, 6.45) is 11.3. The van der Waals surface area contributed by atoms with E-state index in [2.05, 4.69) is 6.92 Å². The fourth-order valence-corrected chi connectivity index (χ4v) is 9.22. The molecule has 0 amide bonds. The zero-order valence-electron chi connectivity index (χ0n) is 29.6. The fourth-order valence-electron chi connectivity index (χ4n) is 9.22. The van der Waals surface area contributed by atoms with Crippen molar-refractivity contribution in [1.29, 1.82) is 0 Å². The van der Waals surface area contributed by atoms with Crippen LogP contribution in [-0.4, -0.2) is 63.1 Å². The quantitative estimate of drug-likeness (QED) is 0.108. The Labute approximate surface area is 276 Å². The van der Waals surface area contributed by atoms with E-state index in [-0.39, 0.29) is 23.2 Å². The maximum absolute atomic E-state index is 14.9. The van der Waals surface area contributed by atoms with Gasteiger partial charge in [-0.1, -0.05) is 112 Å². The van der Waals surface area contributed by atoms with Crippen LogP contribution in [0, 0.1) is 40.4 Å². The molecule has 4 aliphatic carbocycles. The van der Waals surface area contributed by atoms with Gasteiger partial charge in [0.15, 0.2) is 17.5 Å².